The van der Waals surface area contributed by atoms with Gasteiger partial charge in [-0.05, 0) is 51.0 Å². The standard InChI is InChI=1S/C20H23N3O/c1-13-10-11-14(2)18(12-13)15(3)21-16(4)19-22-23-20(24-19)17-8-6-5-7-9-17/h5-12,15-16,21H,1-4H3/t15-,16-/m0/s1. The van der Waals surface area contributed by atoms with Crippen molar-refractivity contribution >= 4 is 0 Å². The highest BCUT2D eigenvalue weighted by Gasteiger charge is 2.18. The Labute approximate surface area is 142 Å². The maximum atomic E-state index is 5.84. The molecular formula is C20H23N3O. The van der Waals surface area contributed by atoms with Crippen molar-refractivity contribution in [3.8, 4) is 11.5 Å². The third-order valence-corrected chi connectivity index (χ3v) is 4.23. The lowest BCUT2D eigenvalue weighted by molar-refractivity contribution is 0.394. The van der Waals surface area contributed by atoms with Crippen LogP contribution in [0.15, 0.2) is 52.9 Å². The van der Waals surface area contributed by atoms with Crippen LogP contribution < -0.4 is 5.32 Å². The number of nitrogens with one attached hydrogen (secondary N) is 1. The van der Waals surface area contributed by atoms with Gasteiger partial charge in [0.05, 0.1) is 6.04 Å². The van der Waals surface area contributed by atoms with Gasteiger partial charge >= 0.3 is 0 Å². The SMILES string of the molecule is Cc1ccc(C)c([C@H](C)N[C@@H](C)c2nnc(-c3ccccc3)o2)c1. The Morgan fingerprint density at radius 3 is 2.42 bits per heavy atom. The first-order chi connectivity index (χ1) is 11.5. The molecule has 1 N–H and O–H groups in total. The molecule has 0 amide bonds. The van der Waals surface area contributed by atoms with E-state index in [1.54, 1.807) is 0 Å². The van der Waals surface area contributed by atoms with E-state index in [1.807, 2.05) is 37.3 Å². The number of aromatic nitrogens is 2. The molecule has 2 atom stereocenters. The van der Waals surface area contributed by atoms with Gasteiger partial charge in [-0.3, -0.25) is 5.32 Å². The topological polar surface area (TPSA) is 51.0 Å². The highest BCUT2D eigenvalue weighted by atomic mass is 16.4. The fourth-order valence-electron chi connectivity index (χ4n) is 2.87. The molecular weight excluding hydrogens is 298 g/mol. The van der Waals surface area contributed by atoms with Gasteiger partial charge in [-0.1, -0.05) is 42.0 Å². The second-order valence-electron chi connectivity index (χ2n) is 6.28. The summed E-state index contributed by atoms with van der Waals surface area (Å²) in [5.41, 5.74) is 4.78. The van der Waals surface area contributed by atoms with Gasteiger partial charge in [-0.2, -0.15) is 0 Å². The third-order valence-electron chi connectivity index (χ3n) is 4.23. The lowest BCUT2D eigenvalue weighted by atomic mass is 9.99. The van der Waals surface area contributed by atoms with E-state index in [9.17, 15) is 0 Å². The van der Waals surface area contributed by atoms with E-state index in [2.05, 4.69) is 54.5 Å². The Morgan fingerprint density at radius 1 is 0.917 bits per heavy atom. The minimum Gasteiger partial charge on any atom is -0.419 e. The van der Waals surface area contributed by atoms with Crippen LogP contribution in [0.25, 0.3) is 11.5 Å². The van der Waals surface area contributed by atoms with Gasteiger partial charge < -0.3 is 4.42 Å². The average molecular weight is 321 g/mol. The van der Waals surface area contributed by atoms with Crippen LogP contribution in [-0.2, 0) is 0 Å². The summed E-state index contributed by atoms with van der Waals surface area (Å²) in [6, 6.07) is 16.5. The minimum atomic E-state index is -0.0233. The zero-order valence-electron chi connectivity index (χ0n) is 14.6. The Kier molecular flexibility index (Phi) is 4.76. The van der Waals surface area contributed by atoms with Crippen molar-refractivity contribution in [1.29, 1.82) is 0 Å². The van der Waals surface area contributed by atoms with Crippen LogP contribution in [-0.4, -0.2) is 10.2 Å². The summed E-state index contributed by atoms with van der Waals surface area (Å²) in [6.45, 7) is 8.46. The quantitative estimate of drug-likeness (QED) is 0.735. The van der Waals surface area contributed by atoms with E-state index >= 15 is 0 Å². The molecule has 0 aliphatic carbocycles. The zero-order valence-corrected chi connectivity index (χ0v) is 14.6. The van der Waals surface area contributed by atoms with Crippen molar-refractivity contribution in [1.82, 2.24) is 15.5 Å². The van der Waals surface area contributed by atoms with Gasteiger partial charge in [0.15, 0.2) is 0 Å². The predicted octanol–water partition coefficient (Wildman–Crippen LogP) is 4.77. The molecule has 3 aromatic rings. The molecule has 124 valence electrons. The Bertz CT molecular complexity index is 811. The highest BCUT2D eigenvalue weighted by molar-refractivity contribution is 5.51. The maximum Gasteiger partial charge on any atom is 0.247 e. The van der Waals surface area contributed by atoms with Gasteiger partial charge in [0.25, 0.3) is 0 Å². The maximum absolute atomic E-state index is 5.84. The number of hydrogen-bond acceptors (Lipinski definition) is 4. The first kappa shape index (κ1) is 16.4. The molecule has 4 heteroatoms. The van der Waals surface area contributed by atoms with Crippen molar-refractivity contribution in [3.05, 3.63) is 71.1 Å². The van der Waals surface area contributed by atoms with Gasteiger partial charge in [0.1, 0.15) is 0 Å². The van der Waals surface area contributed by atoms with Gasteiger partial charge in [-0.15, -0.1) is 10.2 Å². The third kappa shape index (κ3) is 3.54. The van der Waals surface area contributed by atoms with Crippen molar-refractivity contribution in [2.24, 2.45) is 0 Å². The Balaban J connectivity index is 1.74. The molecule has 0 bridgehead atoms. The molecule has 1 heterocycles. The van der Waals surface area contributed by atoms with Crippen LogP contribution in [0.4, 0.5) is 0 Å². The second-order valence-corrected chi connectivity index (χ2v) is 6.28. The average Bonchev–Trinajstić information content (AvgIpc) is 3.08. The van der Waals surface area contributed by atoms with E-state index in [-0.39, 0.29) is 12.1 Å². The van der Waals surface area contributed by atoms with Crippen LogP contribution in [0.2, 0.25) is 0 Å². The molecule has 2 aromatic carbocycles. The fourth-order valence-corrected chi connectivity index (χ4v) is 2.87. The second kappa shape index (κ2) is 6.97. The zero-order chi connectivity index (χ0) is 17.1. The van der Waals surface area contributed by atoms with Gasteiger partial charge in [0, 0.05) is 11.6 Å². The van der Waals surface area contributed by atoms with Crippen LogP contribution in [0.1, 0.15) is 48.5 Å². The summed E-state index contributed by atoms with van der Waals surface area (Å²) in [7, 11) is 0. The predicted molar refractivity (Wildman–Crippen MR) is 95.6 cm³/mol. The summed E-state index contributed by atoms with van der Waals surface area (Å²) < 4.78 is 5.84. The summed E-state index contributed by atoms with van der Waals surface area (Å²) >= 11 is 0. The van der Waals surface area contributed by atoms with E-state index in [4.69, 9.17) is 4.42 Å². The fraction of sp³-hybridized carbons (Fsp3) is 0.300. The van der Waals surface area contributed by atoms with E-state index in [0.29, 0.717) is 11.8 Å². The van der Waals surface area contributed by atoms with Crippen LogP contribution in [0.5, 0.6) is 0 Å². The summed E-state index contributed by atoms with van der Waals surface area (Å²) in [4.78, 5) is 0. The molecule has 0 aliphatic rings. The van der Waals surface area contributed by atoms with E-state index in [1.165, 1.54) is 16.7 Å². The van der Waals surface area contributed by atoms with Crippen molar-refractivity contribution in [3.63, 3.8) is 0 Å². The number of benzene rings is 2. The molecule has 0 unspecified atom stereocenters. The van der Waals surface area contributed by atoms with Crippen LogP contribution in [0.3, 0.4) is 0 Å². The molecule has 4 nitrogen and oxygen atoms in total. The molecule has 3 rings (SSSR count). The molecule has 0 aliphatic heterocycles. The highest BCUT2D eigenvalue weighted by Crippen LogP contribution is 2.24. The van der Waals surface area contributed by atoms with E-state index < -0.39 is 0 Å². The molecule has 0 spiro atoms. The first-order valence-electron chi connectivity index (χ1n) is 8.26. The molecule has 0 fully saturated rings. The number of rotatable bonds is 5. The van der Waals surface area contributed by atoms with Crippen molar-refractivity contribution < 1.29 is 4.42 Å². The Hall–Kier alpha value is -2.46. The number of hydrogen-bond donors (Lipinski definition) is 1. The monoisotopic (exact) mass is 321 g/mol. The van der Waals surface area contributed by atoms with Crippen molar-refractivity contribution in [2.45, 2.75) is 39.8 Å². The molecule has 0 saturated carbocycles. The largest absolute Gasteiger partial charge is 0.419 e. The van der Waals surface area contributed by atoms with Crippen LogP contribution in [0, 0.1) is 13.8 Å². The normalized spacial score (nSPS) is 13.7. The number of aryl methyl sites for hydroxylation is 2. The molecule has 1 aromatic heterocycles. The van der Waals surface area contributed by atoms with Gasteiger partial charge in [0.2, 0.25) is 11.8 Å². The first-order valence-corrected chi connectivity index (χ1v) is 8.26. The molecule has 0 radical (unpaired) electrons. The lowest BCUT2D eigenvalue weighted by Crippen LogP contribution is -2.23. The van der Waals surface area contributed by atoms with Crippen LogP contribution >= 0.6 is 0 Å². The lowest BCUT2D eigenvalue weighted by Gasteiger charge is -2.20. The summed E-state index contributed by atoms with van der Waals surface area (Å²) in [6.07, 6.45) is 0. The molecule has 24 heavy (non-hydrogen) atoms. The van der Waals surface area contributed by atoms with E-state index in [0.717, 1.165) is 5.56 Å². The minimum absolute atomic E-state index is 0.0233. The number of nitrogens with zero attached hydrogens (tertiary/aromatic N) is 2. The van der Waals surface area contributed by atoms with Gasteiger partial charge in [-0.25, -0.2) is 0 Å². The summed E-state index contributed by atoms with van der Waals surface area (Å²) in [5.74, 6) is 1.16. The van der Waals surface area contributed by atoms with Crippen molar-refractivity contribution in [2.75, 3.05) is 0 Å². The summed E-state index contributed by atoms with van der Waals surface area (Å²) in [5, 5.41) is 11.9. The Morgan fingerprint density at radius 2 is 1.67 bits per heavy atom. The smallest absolute Gasteiger partial charge is 0.247 e. The molecule has 0 saturated heterocycles.